The molecular weight excluding hydrogens is 354 g/mol. The molecule has 3 aliphatic rings. The van der Waals surface area contributed by atoms with Crippen LogP contribution in [0.4, 0.5) is 0 Å². The standard InChI is InChI=1S/C22H33N3O3/c26-22(23-10-11-24-12-15-27-16-13-24)21-20(18-6-2-1-3-7-18)25(14-17-28-21)19-8-4-5-9-19/h1-3,6-7,19-21H,4-5,8-17H2,(H,23,26)/t20-,21+/m0/s1. The van der Waals surface area contributed by atoms with Crippen LogP contribution in [0.3, 0.4) is 0 Å². The van der Waals surface area contributed by atoms with Crippen molar-refractivity contribution in [3.63, 3.8) is 0 Å². The Morgan fingerprint density at radius 2 is 1.79 bits per heavy atom. The molecule has 3 fully saturated rings. The zero-order chi connectivity index (χ0) is 19.2. The second-order valence-electron chi connectivity index (χ2n) is 8.07. The monoisotopic (exact) mass is 387 g/mol. The number of amides is 1. The van der Waals surface area contributed by atoms with Gasteiger partial charge in [0.05, 0.1) is 25.9 Å². The van der Waals surface area contributed by atoms with Gasteiger partial charge < -0.3 is 14.8 Å². The molecule has 1 aliphatic carbocycles. The fourth-order valence-electron chi connectivity index (χ4n) is 4.83. The molecular formula is C22H33N3O3. The molecule has 1 aromatic carbocycles. The summed E-state index contributed by atoms with van der Waals surface area (Å²) in [5.74, 6) is 0.0183. The Morgan fingerprint density at radius 1 is 1.04 bits per heavy atom. The van der Waals surface area contributed by atoms with E-state index in [9.17, 15) is 4.79 Å². The van der Waals surface area contributed by atoms with Crippen molar-refractivity contribution in [2.45, 2.75) is 43.9 Å². The summed E-state index contributed by atoms with van der Waals surface area (Å²) in [6.07, 6.45) is 4.60. The normalized spacial score (nSPS) is 27.7. The third-order valence-corrected chi connectivity index (χ3v) is 6.32. The van der Waals surface area contributed by atoms with E-state index in [-0.39, 0.29) is 11.9 Å². The lowest BCUT2D eigenvalue weighted by Crippen LogP contribution is -2.55. The molecule has 2 atom stereocenters. The molecule has 2 heterocycles. The maximum atomic E-state index is 13.1. The molecule has 0 aromatic heterocycles. The summed E-state index contributed by atoms with van der Waals surface area (Å²) in [5.41, 5.74) is 1.18. The molecule has 1 saturated carbocycles. The topological polar surface area (TPSA) is 54.0 Å². The Hall–Kier alpha value is -1.47. The Balaban J connectivity index is 1.42. The Kier molecular flexibility index (Phi) is 6.96. The molecule has 0 radical (unpaired) electrons. The van der Waals surface area contributed by atoms with Crippen LogP contribution in [-0.4, -0.2) is 80.4 Å². The van der Waals surface area contributed by atoms with Gasteiger partial charge in [-0.2, -0.15) is 0 Å². The third-order valence-electron chi connectivity index (χ3n) is 6.32. The lowest BCUT2D eigenvalue weighted by atomic mass is 9.95. The summed E-state index contributed by atoms with van der Waals surface area (Å²) in [6, 6.07) is 11.0. The van der Waals surface area contributed by atoms with Crippen LogP contribution in [0.1, 0.15) is 37.3 Å². The fraction of sp³-hybridized carbons (Fsp3) is 0.682. The predicted molar refractivity (Wildman–Crippen MR) is 108 cm³/mol. The lowest BCUT2D eigenvalue weighted by Gasteiger charge is -2.44. The molecule has 6 heteroatoms. The number of morpholine rings is 2. The zero-order valence-corrected chi connectivity index (χ0v) is 16.7. The fourth-order valence-corrected chi connectivity index (χ4v) is 4.83. The number of benzene rings is 1. The van der Waals surface area contributed by atoms with Gasteiger partial charge >= 0.3 is 0 Å². The molecule has 0 unspecified atom stereocenters. The number of hydrogen-bond donors (Lipinski definition) is 1. The van der Waals surface area contributed by atoms with Gasteiger partial charge in [-0.1, -0.05) is 43.2 Å². The number of hydrogen-bond acceptors (Lipinski definition) is 5. The first kappa shape index (κ1) is 19.8. The second-order valence-corrected chi connectivity index (χ2v) is 8.07. The van der Waals surface area contributed by atoms with E-state index in [1.54, 1.807) is 0 Å². The zero-order valence-electron chi connectivity index (χ0n) is 16.7. The molecule has 1 amide bonds. The molecule has 1 aromatic rings. The second kappa shape index (κ2) is 9.83. The highest BCUT2D eigenvalue weighted by atomic mass is 16.5. The van der Waals surface area contributed by atoms with E-state index < -0.39 is 6.10 Å². The van der Waals surface area contributed by atoms with Crippen LogP contribution in [0.15, 0.2) is 30.3 Å². The van der Waals surface area contributed by atoms with Crippen molar-refractivity contribution in [1.29, 1.82) is 0 Å². The van der Waals surface area contributed by atoms with Gasteiger partial charge in [0.25, 0.3) is 5.91 Å². The number of rotatable bonds is 6. The van der Waals surface area contributed by atoms with Crippen LogP contribution in [-0.2, 0) is 14.3 Å². The molecule has 1 N–H and O–H groups in total. The van der Waals surface area contributed by atoms with Crippen molar-refractivity contribution in [1.82, 2.24) is 15.1 Å². The van der Waals surface area contributed by atoms with Crippen molar-refractivity contribution in [2.75, 3.05) is 52.5 Å². The van der Waals surface area contributed by atoms with Gasteiger partial charge in [-0.25, -0.2) is 0 Å². The summed E-state index contributed by atoms with van der Waals surface area (Å²) in [5, 5.41) is 3.14. The Labute approximate surface area is 168 Å². The summed E-state index contributed by atoms with van der Waals surface area (Å²) in [7, 11) is 0. The van der Waals surface area contributed by atoms with Crippen molar-refractivity contribution in [3.05, 3.63) is 35.9 Å². The van der Waals surface area contributed by atoms with Crippen LogP contribution < -0.4 is 5.32 Å². The number of carbonyl (C=O) groups is 1. The van der Waals surface area contributed by atoms with Gasteiger partial charge in [0.2, 0.25) is 0 Å². The molecule has 0 bridgehead atoms. The highest BCUT2D eigenvalue weighted by Gasteiger charge is 2.41. The lowest BCUT2D eigenvalue weighted by molar-refractivity contribution is -0.148. The van der Waals surface area contributed by atoms with Gasteiger partial charge in [0.15, 0.2) is 6.10 Å². The van der Waals surface area contributed by atoms with E-state index in [1.165, 1.54) is 31.2 Å². The van der Waals surface area contributed by atoms with Crippen molar-refractivity contribution >= 4 is 5.91 Å². The van der Waals surface area contributed by atoms with Gasteiger partial charge in [0.1, 0.15) is 0 Å². The molecule has 2 aliphatic heterocycles. The van der Waals surface area contributed by atoms with Crippen LogP contribution in [0.5, 0.6) is 0 Å². The highest BCUT2D eigenvalue weighted by molar-refractivity contribution is 5.82. The van der Waals surface area contributed by atoms with Crippen molar-refractivity contribution in [3.8, 4) is 0 Å². The van der Waals surface area contributed by atoms with Gasteiger partial charge in [-0.15, -0.1) is 0 Å². The summed E-state index contributed by atoms with van der Waals surface area (Å²) in [4.78, 5) is 18.0. The number of nitrogens with zero attached hydrogens (tertiary/aromatic N) is 2. The van der Waals surface area contributed by atoms with Crippen LogP contribution >= 0.6 is 0 Å². The third kappa shape index (κ3) is 4.74. The molecule has 0 spiro atoms. The van der Waals surface area contributed by atoms with Gasteiger partial charge in [-0.05, 0) is 18.4 Å². The molecule has 4 rings (SSSR count). The summed E-state index contributed by atoms with van der Waals surface area (Å²) < 4.78 is 11.4. The van der Waals surface area contributed by atoms with Crippen molar-refractivity contribution in [2.24, 2.45) is 0 Å². The first-order valence-corrected chi connectivity index (χ1v) is 10.8. The smallest absolute Gasteiger partial charge is 0.251 e. The van der Waals surface area contributed by atoms with Crippen molar-refractivity contribution < 1.29 is 14.3 Å². The average molecular weight is 388 g/mol. The van der Waals surface area contributed by atoms with E-state index in [2.05, 4.69) is 39.4 Å². The van der Waals surface area contributed by atoms with Gasteiger partial charge in [-0.3, -0.25) is 14.6 Å². The first-order valence-electron chi connectivity index (χ1n) is 10.8. The maximum Gasteiger partial charge on any atom is 0.251 e. The Morgan fingerprint density at radius 3 is 2.54 bits per heavy atom. The van der Waals surface area contributed by atoms with E-state index >= 15 is 0 Å². The SMILES string of the molecule is O=C(NCCN1CCOCC1)[C@@H]1OCCN(C2CCCC2)[C@H]1c1ccccc1. The highest BCUT2D eigenvalue weighted by Crippen LogP contribution is 2.36. The van der Waals surface area contributed by atoms with E-state index in [1.807, 2.05) is 6.07 Å². The van der Waals surface area contributed by atoms with E-state index in [0.717, 1.165) is 39.4 Å². The quantitative estimate of drug-likeness (QED) is 0.807. The minimum absolute atomic E-state index is 0.00133. The maximum absolute atomic E-state index is 13.1. The minimum atomic E-state index is -0.443. The molecule has 28 heavy (non-hydrogen) atoms. The van der Waals surface area contributed by atoms with E-state index in [4.69, 9.17) is 9.47 Å². The summed E-state index contributed by atoms with van der Waals surface area (Å²) in [6.45, 7) is 6.50. The number of nitrogens with one attached hydrogen (secondary N) is 1. The largest absolute Gasteiger partial charge is 0.379 e. The van der Waals surface area contributed by atoms with Crippen LogP contribution in [0.25, 0.3) is 0 Å². The number of ether oxygens (including phenoxy) is 2. The molecule has 6 nitrogen and oxygen atoms in total. The molecule has 154 valence electrons. The van der Waals surface area contributed by atoms with E-state index in [0.29, 0.717) is 19.2 Å². The minimum Gasteiger partial charge on any atom is -0.379 e. The number of carbonyl (C=O) groups excluding carboxylic acids is 1. The van der Waals surface area contributed by atoms with Crippen LogP contribution in [0, 0.1) is 0 Å². The predicted octanol–water partition coefficient (Wildman–Crippen LogP) is 1.82. The first-order chi connectivity index (χ1) is 13.8. The average Bonchev–Trinajstić information content (AvgIpc) is 3.29. The Bertz CT molecular complexity index is 615. The van der Waals surface area contributed by atoms with Gasteiger partial charge in [0, 0.05) is 38.8 Å². The van der Waals surface area contributed by atoms with Crippen LogP contribution in [0.2, 0.25) is 0 Å². The molecule has 2 saturated heterocycles. The summed E-state index contributed by atoms with van der Waals surface area (Å²) >= 11 is 0.